The van der Waals surface area contributed by atoms with Gasteiger partial charge in [0.15, 0.2) is 5.58 Å². The molecule has 1 atom stereocenters. The Bertz CT molecular complexity index is 434. The van der Waals surface area contributed by atoms with Gasteiger partial charge in [-0.25, -0.2) is 4.98 Å². The van der Waals surface area contributed by atoms with Crippen LogP contribution < -0.4 is 5.73 Å². The molecule has 0 aliphatic rings. The number of nitrogen functional groups attached to an aromatic ring is 1. The molecule has 0 spiro atoms. The predicted octanol–water partition coefficient (Wildman–Crippen LogP) is 1.46. The number of aromatic nitrogens is 1. The Hall–Kier alpha value is -1.55. The molecule has 2 rings (SSSR count). The number of nitrogens with two attached hydrogens (primary N) is 1. The molecule has 4 heteroatoms. The second kappa shape index (κ2) is 2.74. The molecule has 0 saturated carbocycles. The largest absolute Gasteiger partial charge is 0.438 e. The van der Waals surface area contributed by atoms with Crippen molar-refractivity contribution in [2.75, 3.05) is 5.73 Å². The molecule has 0 bridgehead atoms. The molecule has 0 saturated heterocycles. The van der Waals surface area contributed by atoms with Crippen molar-refractivity contribution in [1.82, 2.24) is 4.98 Å². The first-order chi connectivity index (χ1) is 6.16. The van der Waals surface area contributed by atoms with E-state index in [1.54, 1.807) is 25.1 Å². The zero-order valence-corrected chi connectivity index (χ0v) is 7.19. The highest BCUT2D eigenvalue weighted by Crippen LogP contribution is 2.21. The van der Waals surface area contributed by atoms with Crippen molar-refractivity contribution in [2.45, 2.75) is 13.0 Å². The van der Waals surface area contributed by atoms with Crippen molar-refractivity contribution < 1.29 is 9.52 Å². The predicted molar refractivity (Wildman–Crippen MR) is 49.1 cm³/mol. The van der Waals surface area contributed by atoms with Crippen molar-refractivity contribution in [3.8, 4) is 0 Å². The molecule has 0 amide bonds. The lowest BCUT2D eigenvalue weighted by Crippen LogP contribution is -1.88. The molecule has 0 aliphatic heterocycles. The van der Waals surface area contributed by atoms with Crippen LogP contribution in [0.5, 0.6) is 0 Å². The monoisotopic (exact) mass is 178 g/mol. The minimum atomic E-state index is -0.686. The number of hydrogen-bond acceptors (Lipinski definition) is 4. The Morgan fingerprint density at radius 1 is 1.54 bits per heavy atom. The zero-order chi connectivity index (χ0) is 9.42. The van der Waals surface area contributed by atoms with Crippen molar-refractivity contribution in [1.29, 1.82) is 0 Å². The smallest absolute Gasteiger partial charge is 0.224 e. The van der Waals surface area contributed by atoms with E-state index < -0.39 is 6.10 Å². The number of benzene rings is 1. The Kier molecular flexibility index (Phi) is 1.70. The second-order valence-corrected chi connectivity index (χ2v) is 2.96. The number of oxazole rings is 1. The van der Waals surface area contributed by atoms with Gasteiger partial charge in [0.2, 0.25) is 5.89 Å². The van der Waals surface area contributed by atoms with Crippen molar-refractivity contribution in [3.05, 3.63) is 24.1 Å². The van der Waals surface area contributed by atoms with Gasteiger partial charge in [0.25, 0.3) is 0 Å². The molecule has 4 nitrogen and oxygen atoms in total. The average molecular weight is 178 g/mol. The molecule has 1 heterocycles. The molecule has 2 aromatic rings. The maximum atomic E-state index is 9.21. The topological polar surface area (TPSA) is 72.3 Å². The molecule has 3 N–H and O–H groups in total. The van der Waals surface area contributed by atoms with Crippen LogP contribution >= 0.6 is 0 Å². The van der Waals surface area contributed by atoms with Crippen molar-refractivity contribution in [2.24, 2.45) is 0 Å². The van der Waals surface area contributed by atoms with Crippen LogP contribution in [0.1, 0.15) is 18.9 Å². The van der Waals surface area contributed by atoms with Crippen LogP contribution in [0.15, 0.2) is 22.6 Å². The van der Waals surface area contributed by atoms with Crippen LogP contribution in [-0.4, -0.2) is 10.1 Å². The third-order valence-corrected chi connectivity index (χ3v) is 1.79. The number of nitrogens with zero attached hydrogens (tertiary/aromatic N) is 1. The van der Waals surface area contributed by atoms with Crippen molar-refractivity contribution in [3.63, 3.8) is 0 Å². The number of aliphatic hydroxyl groups is 1. The molecular formula is C9H10N2O2. The van der Waals surface area contributed by atoms with E-state index in [-0.39, 0.29) is 0 Å². The lowest BCUT2D eigenvalue weighted by Gasteiger charge is -1.93. The fraction of sp³-hybridized carbons (Fsp3) is 0.222. The van der Waals surface area contributed by atoms with Crippen LogP contribution in [0.2, 0.25) is 0 Å². The van der Waals surface area contributed by atoms with Gasteiger partial charge in [-0.05, 0) is 19.1 Å². The first-order valence-electron chi connectivity index (χ1n) is 4.01. The summed E-state index contributed by atoms with van der Waals surface area (Å²) in [6, 6.07) is 5.20. The third kappa shape index (κ3) is 1.36. The molecule has 1 unspecified atom stereocenters. The zero-order valence-electron chi connectivity index (χ0n) is 7.19. The summed E-state index contributed by atoms with van der Waals surface area (Å²) in [4.78, 5) is 4.08. The van der Waals surface area contributed by atoms with E-state index in [4.69, 9.17) is 10.2 Å². The highest BCUT2D eigenvalue weighted by Gasteiger charge is 2.09. The van der Waals surface area contributed by atoms with Gasteiger partial charge >= 0.3 is 0 Å². The molecule has 13 heavy (non-hydrogen) atoms. The van der Waals surface area contributed by atoms with Gasteiger partial charge in [-0.15, -0.1) is 0 Å². The molecule has 0 fully saturated rings. The maximum Gasteiger partial charge on any atom is 0.224 e. The average Bonchev–Trinajstić information content (AvgIpc) is 2.46. The molecular weight excluding hydrogens is 168 g/mol. The standard InChI is InChI=1S/C9H10N2O2/c1-5(12)9-11-7-3-2-6(10)4-8(7)13-9/h2-5,12H,10H2,1H3. The summed E-state index contributed by atoms with van der Waals surface area (Å²) in [6.45, 7) is 1.61. The Balaban J connectivity index is 2.62. The van der Waals surface area contributed by atoms with E-state index in [2.05, 4.69) is 4.98 Å². The van der Waals surface area contributed by atoms with Gasteiger partial charge < -0.3 is 15.3 Å². The Morgan fingerprint density at radius 2 is 2.31 bits per heavy atom. The minimum Gasteiger partial charge on any atom is -0.438 e. The number of hydrogen-bond donors (Lipinski definition) is 2. The van der Waals surface area contributed by atoms with Crippen LogP contribution in [0, 0.1) is 0 Å². The first-order valence-corrected chi connectivity index (χ1v) is 4.01. The number of rotatable bonds is 1. The number of anilines is 1. The van der Waals surface area contributed by atoms with Gasteiger partial charge in [-0.1, -0.05) is 0 Å². The van der Waals surface area contributed by atoms with Crippen LogP contribution in [0.25, 0.3) is 11.1 Å². The quantitative estimate of drug-likeness (QED) is 0.648. The Morgan fingerprint density at radius 3 is 3.00 bits per heavy atom. The summed E-state index contributed by atoms with van der Waals surface area (Å²) < 4.78 is 5.27. The van der Waals surface area contributed by atoms with Gasteiger partial charge in [0, 0.05) is 11.8 Å². The van der Waals surface area contributed by atoms with E-state index in [9.17, 15) is 5.11 Å². The van der Waals surface area contributed by atoms with E-state index in [1.165, 1.54) is 0 Å². The van der Waals surface area contributed by atoms with Crippen molar-refractivity contribution >= 4 is 16.8 Å². The van der Waals surface area contributed by atoms with Gasteiger partial charge in [0.05, 0.1) is 0 Å². The van der Waals surface area contributed by atoms with Crippen LogP contribution in [-0.2, 0) is 0 Å². The second-order valence-electron chi connectivity index (χ2n) is 2.96. The van der Waals surface area contributed by atoms with E-state index in [0.29, 0.717) is 22.7 Å². The molecule has 0 aliphatic carbocycles. The van der Waals surface area contributed by atoms with Crippen LogP contribution in [0.3, 0.4) is 0 Å². The summed E-state index contributed by atoms with van der Waals surface area (Å²) in [5, 5.41) is 9.21. The summed E-state index contributed by atoms with van der Waals surface area (Å²) >= 11 is 0. The maximum absolute atomic E-state index is 9.21. The highest BCUT2D eigenvalue weighted by atomic mass is 16.4. The van der Waals surface area contributed by atoms with E-state index in [0.717, 1.165) is 0 Å². The minimum absolute atomic E-state index is 0.320. The molecule has 1 aromatic heterocycles. The summed E-state index contributed by atoms with van der Waals surface area (Å²) in [6.07, 6.45) is -0.686. The number of aliphatic hydroxyl groups excluding tert-OH is 1. The van der Waals surface area contributed by atoms with Gasteiger partial charge in [-0.2, -0.15) is 0 Å². The molecule has 1 aromatic carbocycles. The van der Waals surface area contributed by atoms with E-state index >= 15 is 0 Å². The fourth-order valence-corrected chi connectivity index (χ4v) is 1.14. The molecule has 0 radical (unpaired) electrons. The van der Waals surface area contributed by atoms with Crippen LogP contribution in [0.4, 0.5) is 5.69 Å². The van der Waals surface area contributed by atoms with Gasteiger partial charge in [0.1, 0.15) is 11.6 Å². The summed E-state index contributed by atoms with van der Waals surface area (Å²) in [5.74, 6) is 0.320. The fourth-order valence-electron chi connectivity index (χ4n) is 1.14. The van der Waals surface area contributed by atoms with Gasteiger partial charge in [-0.3, -0.25) is 0 Å². The number of fused-ring (bicyclic) bond motifs is 1. The third-order valence-electron chi connectivity index (χ3n) is 1.79. The lowest BCUT2D eigenvalue weighted by atomic mass is 10.3. The normalized spacial score (nSPS) is 13.4. The Labute approximate surface area is 75.0 Å². The summed E-state index contributed by atoms with van der Waals surface area (Å²) in [7, 11) is 0. The first kappa shape index (κ1) is 8.07. The summed E-state index contributed by atoms with van der Waals surface area (Å²) in [5.41, 5.74) is 7.51. The SMILES string of the molecule is CC(O)c1nc2ccc(N)cc2o1. The van der Waals surface area contributed by atoms with E-state index in [1.807, 2.05) is 0 Å². The highest BCUT2D eigenvalue weighted by molar-refractivity contribution is 5.76. The molecule has 68 valence electrons. The lowest BCUT2D eigenvalue weighted by molar-refractivity contribution is 0.165.